The largest absolute Gasteiger partial charge is 0.497 e. The van der Waals surface area contributed by atoms with Crippen molar-refractivity contribution >= 4 is 33.7 Å². The molecule has 0 spiro atoms. The molecule has 1 amide bonds. The fraction of sp³-hybridized carbons (Fsp3) is 0.452. The molecule has 2 aromatic heterocycles. The molecule has 2 aliphatic heterocycles. The molecule has 12 nitrogen and oxygen atoms in total. The second-order valence-electron chi connectivity index (χ2n) is 11.8. The highest BCUT2D eigenvalue weighted by Gasteiger charge is 2.41. The Labute approximate surface area is 262 Å². The predicted molar refractivity (Wildman–Crippen MR) is 164 cm³/mol. The number of fused-ring (bicyclic) bond motifs is 2. The van der Waals surface area contributed by atoms with Gasteiger partial charge < -0.3 is 29.3 Å². The number of alkyl halides is 3. The summed E-state index contributed by atoms with van der Waals surface area (Å²) in [5, 5.41) is 10.6. The first kappa shape index (κ1) is 31.3. The lowest BCUT2D eigenvalue weighted by Crippen LogP contribution is -2.58. The SMILES string of the molecule is COc1cc(-n2c(C(F)(F)F)nc3c(N4[C@@H](C)CN(C(=O)O)C[C@@H]4C)nc(OCC4CCCN4C)nc3c2=O)c2ccccc2c1. The Kier molecular flexibility index (Phi) is 8.12. The van der Waals surface area contributed by atoms with E-state index in [1.165, 1.54) is 18.1 Å². The molecule has 2 saturated heterocycles. The normalized spacial score (nSPS) is 20.9. The van der Waals surface area contributed by atoms with E-state index in [9.17, 15) is 27.9 Å². The van der Waals surface area contributed by atoms with Crippen molar-refractivity contribution in [1.82, 2.24) is 29.3 Å². The number of hydrogen-bond acceptors (Lipinski definition) is 9. The average Bonchev–Trinajstić information content (AvgIpc) is 3.43. The fourth-order valence-electron chi connectivity index (χ4n) is 6.51. The van der Waals surface area contributed by atoms with Crippen LogP contribution >= 0.6 is 0 Å². The van der Waals surface area contributed by atoms with Gasteiger partial charge >= 0.3 is 18.3 Å². The molecule has 6 rings (SSSR count). The summed E-state index contributed by atoms with van der Waals surface area (Å²) in [5.41, 5.74) is -1.85. The van der Waals surface area contributed by atoms with Crippen molar-refractivity contribution in [2.24, 2.45) is 0 Å². The van der Waals surface area contributed by atoms with E-state index in [1.807, 2.05) is 7.05 Å². The van der Waals surface area contributed by atoms with Gasteiger partial charge in [0.2, 0.25) is 5.82 Å². The molecule has 46 heavy (non-hydrogen) atoms. The number of piperazine rings is 1. The maximum atomic E-state index is 14.9. The summed E-state index contributed by atoms with van der Waals surface area (Å²) in [6, 6.07) is 8.60. The van der Waals surface area contributed by atoms with Crippen molar-refractivity contribution in [3.05, 3.63) is 52.6 Å². The highest BCUT2D eigenvalue weighted by molar-refractivity contribution is 5.93. The third-order valence-corrected chi connectivity index (χ3v) is 8.73. The molecule has 4 heterocycles. The number of likely N-dealkylation sites (N-methyl/N-ethyl adjacent to an activating group) is 1. The molecule has 1 unspecified atom stereocenters. The standard InChI is InChI=1S/C31H34F3N7O5/c1-17-14-39(30(43)44)15-18(2)40(17)26-24-25(36-29(37-26)46-16-20-9-7-11-38(20)3)27(42)41(28(35-24)31(32,33)34)23-13-21(45-4)12-19-8-5-6-10-22(19)23/h5-6,8,10,12-13,17-18,20H,7,9,11,14-16H2,1-4H3,(H,43,44)/t17-,18-,20?/m0/s1. The van der Waals surface area contributed by atoms with E-state index in [4.69, 9.17) is 9.47 Å². The van der Waals surface area contributed by atoms with Gasteiger partial charge in [0, 0.05) is 42.7 Å². The van der Waals surface area contributed by atoms with Gasteiger partial charge in [-0.1, -0.05) is 24.3 Å². The molecule has 1 N–H and O–H groups in total. The van der Waals surface area contributed by atoms with Crippen LogP contribution in [0.15, 0.2) is 41.2 Å². The Morgan fingerprint density at radius 1 is 1.07 bits per heavy atom. The molecule has 15 heteroatoms. The van der Waals surface area contributed by atoms with Crippen LogP contribution < -0.4 is 19.9 Å². The van der Waals surface area contributed by atoms with Crippen molar-refractivity contribution in [2.45, 2.75) is 51.0 Å². The van der Waals surface area contributed by atoms with Gasteiger partial charge in [-0.3, -0.25) is 9.36 Å². The van der Waals surface area contributed by atoms with E-state index in [2.05, 4.69) is 19.9 Å². The molecule has 2 aromatic carbocycles. The van der Waals surface area contributed by atoms with Crippen molar-refractivity contribution in [2.75, 3.05) is 45.3 Å². The zero-order chi connectivity index (χ0) is 32.9. The molecule has 0 saturated carbocycles. The number of amides is 1. The van der Waals surface area contributed by atoms with Crippen LogP contribution in [0.2, 0.25) is 0 Å². The molecule has 0 bridgehead atoms. The topological polar surface area (TPSA) is 126 Å². The maximum absolute atomic E-state index is 14.9. The van der Waals surface area contributed by atoms with E-state index in [0.717, 1.165) is 19.4 Å². The second kappa shape index (κ2) is 11.9. The van der Waals surface area contributed by atoms with E-state index >= 15 is 0 Å². The smallest absolute Gasteiger partial charge is 0.450 e. The lowest BCUT2D eigenvalue weighted by molar-refractivity contribution is -0.146. The molecule has 244 valence electrons. The van der Waals surface area contributed by atoms with Crippen LogP contribution in [-0.4, -0.2) is 99.0 Å². The summed E-state index contributed by atoms with van der Waals surface area (Å²) in [7, 11) is 3.36. The van der Waals surface area contributed by atoms with Gasteiger partial charge in [-0.15, -0.1) is 0 Å². The van der Waals surface area contributed by atoms with Crippen molar-refractivity contribution in [1.29, 1.82) is 0 Å². The summed E-state index contributed by atoms with van der Waals surface area (Å²) < 4.78 is 56.6. The number of nitrogens with zero attached hydrogens (tertiary/aromatic N) is 7. The number of carboxylic acid groups (broad SMARTS) is 1. The number of carbonyl (C=O) groups is 1. The molecular weight excluding hydrogens is 607 g/mol. The third-order valence-electron chi connectivity index (χ3n) is 8.73. The summed E-state index contributed by atoms with van der Waals surface area (Å²) in [6.45, 7) is 4.70. The number of rotatable bonds is 6. The van der Waals surface area contributed by atoms with Crippen LogP contribution in [0.5, 0.6) is 11.8 Å². The van der Waals surface area contributed by atoms with Gasteiger partial charge in [-0.2, -0.15) is 23.1 Å². The Morgan fingerprint density at radius 3 is 2.41 bits per heavy atom. The first-order valence-corrected chi connectivity index (χ1v) is 15.0. The van der Waals surface area contributed by atoms with Crippen molar-refractivity contribution < 1.29 is 32.5 Å². The zero-order valence-corrected chi connectivity index (χ0v) is 25.8. The number of halogens is 3. The Morgan fingerprint density at radius 2 is 1.78 bits per heavy atom. The fourth-order valence-corrected chi connectivity index (χ4v) is 6.51. The highest BCUT2D eigenvalue weighted by Crippen LogP contribution is 2.36. The minimum atomic E-state index is -5.06. The quantitative estimate of drug-likeness (QED) is 0.324. The predicted octanol–water partition coefficient (Wildman–Crippen LogP) is 4.41. The Hall–Kier alpha value is -4.66. The van der Waals surface area contributed by atoms with Gasteiger partial charge in [0.1, 0.15) is 17.9 Å². The number of likely N-dealkylation sites (tertiary alicyclic amines) is 1. The van der Waals surface area contributed by atoms with E-state index in [1.54, 1.807) is 49.1 Å². The van der Waals surface area contributed by atoms with Gasteiger partial charge in [-0.25, -0.2) is 9.78 Å². The van der Waals surface area contributed by atoms with E-state index in [0.29, 0.717) is 15.3 Å². The van der Waals surface area contributed by atoms with Crippen molar-refractivity contribution in [3.63, 3.8) is 0 Å². The number of ether oxygens (including phenoxy) is 2. The second-order valence-corrected chi connectivity index (χ2v) is 11.8. The van der Waals surface area contributed by atoms with Crippen LogP contribution in [-0.2, 0) is 6.18 Å². The molecule has 4 aromatic rings. The number of hydrogen-bond donors (Lipinski definition) is 1. The van der Waals surface area contributed by atoms with E-state index in [-0.39, 0.29) is 60.0 Å². The van der Waals surface area contributed by atoms with Crippen LogP contribution in [0.1, 0.15) is 32.5 Å². The summed E-state index contributed by atoms with van der Waals surface area (Å²) in [4.78, 5) is 44.2. The number of benzene rings is 2. The third kappa shape index (κ3) is 5.63. The number of methoxy groups -OCH3 is 1. The van der Waals surface area contributed by atoms with Crippen LogP contribution in [0.3, 0.4) is 0 Å². The molecule has 3 atom stereocenters. The van der Waals surface area contributed by atoms with Crippen molar-refractivity contribution in [3.8, 4) is 17.4 Å². The van der Waals surface area contributed by atoms with Gasteiger partial charge in [0.25, 0.3) is 5.56 Å². The molecular formula is C31H34F3N7O5. The van der Waals surface area contributed by atoms with Crippen LogP contribution in [0.25, 0.3) is 27.5 Å². The molecule has 0 aliphatic carbocycles. The molecule has 2 fully saturated rings. The number of anilines is 1. The lowest BCUT2D eigenvalue weighted by Gasteiger charge is -2.44. The molecule has 0 radical (unpaired) electrons. The van der Waals surface area contributed by atoms with Gasteiger partial charge in [-0.05, 0) is 51.7 Å². The summed E-state index contributed by atoms with van der Waals surface area (Å²) in [6.07, 6.45) is -4.30. The maximum Gasteiger partial charge on any atom is 0.450 e. The Balaban J connectivity index is 1.62. The summed E-state index contributed by atoms with van der Waals surface area (Å²) >= 11 is 0. The number of aromatic nitrogens is 4. The summed E-state index contributed by atoms with van der Waals surface area (Å²) in [5.74, 6) is -1.24. The van der Waals surface area contributed by atoms with Crippen LogP contribution in [0.4, 0.5) is 23.8 Å². The average molecular weight is 642 g/mol. The van der Waals surface area contributed by atoms with Gasteiger partial charge in [0.15, 0.2) is 11.3 Å². The lowest BCUT2D eigenvalue weighted by atomic mass is 10.1. The monoisotopic (exact) mass is 641 g/mol. The first-order chi connectivity index (χ1) is 21.9. The highest BCUT2D eigenvalue weighted by atomic mass is 19.4. The minimum absolute atomic E-state index is 0.0323. The Bertz CT molecular complexity index is 1850. The first-order valence-electron chi connectivity index (χ1n) is 15.0. The minimum Gasteiger partial charge on any atom is -0.497 e. The zero-order valence-electron chi connectivity index (χ0n) is 25.8. The van der Waals surface area contributed by atoms with E-state index < -0.39 is 35.7 Å². The van der Waals surface area contributed by atoms with Gasteiger partial charge in [0.05, 0.1) is 12.8 Å². The molecule has 2 aliphatic rings. The van der Waals surface area contributed by atoms with Crippen LogP contribution in [0, 0.1) is 0 Å².